The van der Waals surface area contributed by atoms with Gasteiger partial charge in [0.25, 0.3) is 5.91 Å². The van der Waals surface area contributed by atoms with Crippen molar-refractivity contribution in [3.63, 3.8) is 0 Å². The number of aryl methyl sites for hydroxylation is 2. The molecule has 0 fully saturated rings. The Bertz CT molecular complexity index is 1080. The van der Waals surface area contributed by atoms with Gasteiger partial charge in [0.05, 0.1) is 5.56 Å². The molecule has 0 saturated carbocycles. The molecular weight excluding hydrogens is 382 g/mol. The molecule has 0 aliphatic heterocycles. The zero-order valence-corrected chi connectivity index (χ0v) is 17.0. The van der Waals surface area contributed by atoms with E-state index < -0.39 is 0 Å². The number of benzene rings is 1. The van der Waals surface area contributed by atoms with Crippen LogP contribution in [0.1, 0.15) is 21.5 Å². The van der Waals surface area contributed by atoms with Gasteiger partial charge in [0.15, 0.2) is 0 Å². The monoisotopic (exact) mass is 405 g/mol. The second-order valence-corrected chi connectivity index (χ2v) is 6.67. The van der Waals surface area contributed by atoms with Crippen molar-refractivity contribution >= 4 is 17.7 Å². The lowest BCUT2D eigenvalue weighted by molar-refractivity contribution is 0.102. The van der Waals surface area contributed by atoms with Gasteiger partial charge in [-0.1, -0.05) is 6.07 Å². The first-order valence-corrected chi connectivity index (χ1v) is 9.13. The van der Waals surface area contributed by atoms with Gasteiger partial charge in [0, 0.05) is 31.2 Å². The molecule has 3 rings (SSSR count). The Morgan fingerprint density at radius 2 is 1.93 bits per heavy atom. The van der Waals surface area contributed by atoms with Crippen molar-refractivity contribution in [3.05, 3.63) is 71.7 Å². The summed E-state index contributed by atoms with van der Waals surface area (Å²) >= 11 is 0. The van der Waals surface area contributed by atoms with Crippen LogP contribution in [0.3, 0.4) is 0 Å². The zero-order chi connectivity index (χ0) is 21.7. The molecule has 3 aromatic rings. The molecule has 0 aliphatic rings. The number of hydrazone groups is 1. The number of hydrogen-bond acceptors (Lipinski definition) is 7. The van der Waals surface area contributed by atoms with Crippen molar-refractivity contribution in [1.82, 2.24) is 15.1 Å². The highest BCUT2D eigenvalue weighted by Gasteiger charge is 2.11. The maximum Gasteiger partial charge on any atom is 0.310 e. The van der Waals surface area contributed by atoms with E-state index in [4.69, 9.17) is 16.3 Å². The Morgan fingerprint density at radius 3 is 2.60 bits per heavy atom. The predicted molar refractivity (Wildman–Crippen MR) is 116 cm³/mol. The van der Waals surface area contributed by atoms with Gasteiger partial charge in [-0.3, -0.25) is 9.78 Å². The maximum absolute atomic E-state index is 12.4. The van der Waals surface area contributed by atoms with Crippen molar-refractivity contribution in [2.75, 3.05) is 12.4 Å². The minimum Gasteiger partial charge on any atom is -0.425 e. The lowest BCUT2D eigenvalue weighted by Crippen LogP contribution is -2.28. The summed E-state index contributed by atoms with van der Waals surface area (Å²) < 4.78 is 5.50. The molecule has 9 nitrogen and oxygen atoms in total. The van der Waals surface area contributed by atoms with E-state index >= 15 is 0 Å². The number of ether oxygens (including phenoxy) is 1. The molecular formula is C21H23N7O2. The van der Waals surface area contributed by atoms with Crippen LogP contribution >= 0.6 is 0 Å². The largest absolute Gasteiger partial charge is 0.425 e. The van der Waals surface area contributed by atoms with Crippen LogP contribution in [0, 0.1) is 13.8 Å². The number of hydrazine groups is 1. The third-order valence-electron chi connectivity index (χ3n) is 4.29. The molecule has 2 aromatic heterocycles. The summed E-state index contributed by atoms with van der Waals surface area (Å²) in [4.78, 5) is 20.8. The number of carbonyl (C=O) groups is 1. The number of aromatic nitrogens is 2. The zero-order valence-electron chi connectivity index (χ0n) is 17.0. The number of hydrogen-bond donors (Lipinski definition) is 3. The number of amidine groups is 1. The third kappa shape index (κ3) is 5.09. The fraction of sp³-hybridized carbons (Fsp3) is 0.143. The summed E-state index contributed by atoms with van der Waals surface area (Å²) in [6.07, 6.45) is 4.86. The maximum atomic E-state index is 12.4. The smallest absolute Gasteiger partial charge is 0.310 e. The number of pyridine rings is 2. The molecule has 1 amide bonds. The van der Waals surface area contributed by atoms with Crippen LogP contribution in [-0.4, -0.2) is 34.1 Å². The van der Waals surface area contributed by atoms with Crippen LogP contribution in [0.25, 0.3) is 11.1 Å². The van der Waals surface area contributed by atoms with Gasteiger partial charge in [-0.15, -0.1) is 5.10 Å². The van der Waals surface area contributed by atoms with Crippen molar-refractivity contribution in [3.8, 4) is 16.9 Å². The summed E-state index contributed by atoms with van der Waals surface area (Å²) in [7, 11) is 1.54. The number of nitrogens with one attached hydrogen (secondary N) is 1. The molecule has 154 valence electrons. The molecule has 9 heteroatoms. The van der Waals surface area contributed by atoms with Crippen molar-refractivity contribution in [2.24, 2.45) is 16.7 Å². The first-order valence-electron chi connectivity index (χ1n) is 9.13. The standard InChI is InChI=1S/C21H23N7O2/c1-13-4-6-16(30-21(22)27-28(3)23)10-17(13)15-5-7-19(25-11-15)26-20(29)18-12-24-9-8-14(18)2/h4-12H,23H2,1-3H3,(H2,22,27)(H,25,26,29). The summed E-state index contributed by atoms with van der Waals surface area (Å²) in [6, 6.07) is 10.9. The topological polar surface area (TPSA) is 132 Å². The van der Waals surface area contributed by atoms with Gasteiger partial charge in [0.1, 0.15) is 11.6 Å². The number of rotatable bonds is 5. The number of anilines is 1. The van der Waals surface area contributed by atoms with E-state index in [0.717, 1.165) is 27.4 Å². The van der Waals surface area contributed by atoms with Crippen LogP contribution in [-0.2, 0) is 0 Å². The van der Waals surface area contributed by atoms with E-state index in [1.165, 1.54) is 6.20 Å². The van der Waals surface area contributed by atoms with Crippen LogP contribution < -0.4 is 21.6 Å². The average Bonchev–Trinajstić information content (AvgIpc) is 2.70. The fourth-order valence-corrected chi connectivity index (χ4v) is 2.78. The Hall–Kier alpha value is -3.98. The first-order chi connectivity index (χ1) is 14.3. The van der Waals surface area contributed by atoms with Crippen molar-refractivity contribution < 1.29 is 9.53 Å². The Balaban J connectivity index is 1.78. The summed E-state index contributed by atoms with van der Waals surface area (Å²) in [5.74, 6) is 6.13. The number of carbonyl (C=O) groups excluding carboxylic acids is 1. The minimum absolute atomic E-state index is 0.0725. The number of amides is 1. The van der Waals surface area contributed by atoms with E-state index in [2.05, 4.69) is 20.4 Å². The predicted octanol–water partition coefficient (Wildman–Crippen LogP) is 2.43. The van der Waals surface area contributed by atoms with Crippen molar-refractivity contribution in [1.29, 1.82) is 0 Å². The molecule has 0 atom stereocenters. The van der Waals surface area contributed by atoms with E-state index in [1.807, 2.05) is 32.0 Å². The Kier molecular flexibility index (Phi) is 6.23. The van der Waals surface area contributed by atoms with Crippen LogP contribution in [0.15, 0.2) is 60.1 Å². The SMILES string of the molecule is Cc1ccncc1C(=O)Nc1ccc(-c2cc(O/C(N)=N/N(C)N)ccc2C)cn1. The molecule has 0 spiro atoms. The van der Waals surface area contributed by atoms with Gasteiger partial charge < -0.3 is 15.8 Å². The quantitative estimate of drug-likeness (QED) is 0.257. The summed E-state index contributed by atoms with van der Waals surface area (Å²) in [6.45, 7) is 3.83. The molecule has 30 heavy (non-hydrogen) atoms. The lowest BCUT2D eigenvalue weighted by atomic mass is 10.0. The van der Waals surface area contributed by atoms with E-state index in [-0.39, 0.29) is 11.9 Å². The molecule has 2 heterocycles. The molecule has 1 aromatic carbocycles. The molecule has 5 N–H and O–H groups in total. The molecule has 0 radical (unpaired) electrons. The fourth-order valence-electron chi connectivity index (χ4n) is 2.78. The molecule has 0 aliphatic carbocycles. The average molecular weight is 405 g/mol. The second-order valence-electron chi connectivity index (χ2n) is 6.67. The number of nitrogens with zero attached hydrogens (tertiary/aromatic N) is 4. The van der Waals surface area contributed by atoms with Crippen molar-refractivity contribution in [2.45, 2.75) is 13.8 Å². The highest BCUT2D eigenvalue weighted by Crippen LogP contribution is 2.28. The van der Waals surface area contributed by atoms with Gasteiger partial charge in [0.2, 0.25) is 0 Å². The number of nitrogens with two attached hydrogens (primary N) is 2. The highest BCUT2D eigenvalue weighted by atomic mass is 16.5. The molecule has 0 bridgehead atoms. The van der Waals surface area contributed by atoms with E-state index in [1.54, 1.807) is 37.6 Å². The lowest BCUT2D eigenvalue weighted by Gasteiger charge is -2.12. The van der Waals surface area contributed by atoms with Gasteiger partial charge in [-0.05, 0) is 60.9 Å². The highest BCUT2D eigenvalue weighted by molar-refractivity contribution is 6.04. The van der Waals surface area contributed by atoms with Crippen LogP contribution in [0.4, 0.5) is 5.82 Å². The van der Waals surface area contributed by atoms with Gasteiger partial charge >= 0.3 is 6.02 Å². The third-order valence-corrected chi connectivity index (χ3v) is 4.29. The minimum atomic E-state index is -0.257. The van der Waals surface area contributed by atoms with Gasteiger partial charge in [-0.25, -0.2) is 15.9 Å². The van der Waals surface area contributed by atoms with Crippen LogP contribution in [0.2, 0.25) is 0 Å². The molecule has 0 saturated heterocycles. The van der Waals surface area contributed by atoms with E-state index in [9.17, 15) is 4.79 Å². The normalized spacial score (nSPS) is 11.1. The first kappa shape index (κ1) is 20.7. The van der Waals surface area contributed by atoms with E-state index in [0.29, 0.717) is 17.1 Å². The summed E-state index contributed by atoms with van der Waals surface area (Å²) in [5, 5.41) is 7.64. The second kappa shape index (κ2) is 9.01. The molecule has 0 unspecified atom stereocenters. The van der Waals surface area contributed by atoms with Crippen LogP contribution in [0.5, 0.6) is 5.75 Å². The van der Waals surface area contributed by atoms with Gasteiger partial charge in [-0.2, -0.15) is 0 Å². The summed E-state index contributed by atoms with van der Waals surface area (Å²) in [5.41, 5.74) is 9.86. The Morgan fingerprint density at radius 1 is 1.13 bits per heavy atom. The Labute approximate surface area is 174 Å².